The largest absolute Gasteiger partial charge is 0.385 e. The third-order valence-electron chi connectivity index (χ3n) is 4.51. The van der Waals surface area contributed by atoms with E-state index in [0.717, 1.165) is 11.8 Å². The van der Waals surface area contributed by atoms with E-state index in [0.29, 0.717) is 0 Å². The summed E-state index contributed by atoms with van der Waals surface area (Å²) in [6.07, 6.45) is 21.0. The van der Waals surface area contributed by atoms with Gasteiger partial charge < -0.3 is 5.11 Å². The van der Waals surface area contributed by atoms with Crippen LogP contribution in [0.2, 0.25) is 0 Å². The number of hydrogen-bond acceptors (Lipinski definition) is 1. The van der Waals surface area contributed by atoms with Gasteiger partial charge in [0.05, 0.1) is 6.10 Å². The Morgan fingerprint density at radius 3 is 2.42 bits per heavy atom. The first-order valence-corrected chi connectivity index (χ1v) is 8.04. The van der Waals surface area contributed by atoms with Crippen LogP contribution in [0.15, 0.2) is 36.0 Å². The second-order valence-electron chi connectivity index (χ2n) is 6.15. The van der Waals surface area contributed by atoms with Gasteiger partial charge in [-0.15, -0.1) is 0 Å². The van der Waals surface area contributed by atoms with E-state index in [-0.39, 0.29) is 6.10 Å². The first kappa shape index (κ1) is 14.6. The van der Waals surface area contributed by atoms with Crippen molar-refractivity contribution in [2.75, 3.05) is 0 Å². The SMILES string of the molecule is CCCCC[C@H]1CC[C@H](C=C2C=CC(O)C=C2)CC1. The molecule has 1 saturated carbocycles. The molecular weight excluding hydrogens is 232 g/mol. The summed E-state index contributed by atoms with van der Waals surface area (Å²) in [7, 11) is 0. The van der Waals surface area contributed by atoms with Gasteiger partial charge in [-0.05, 0) is 43.1 Å². The van der Waals surface area contributed by atoms with Crippen LogP contribution >= 0.6 is 0 Å². The lowest BCUT2D eigenvalue weighted by Crippen LogP contribution is -2.13. The van der Waals surface area contributed by atoms with E-state index in [1.165, 1.54) is 56.9 Å². The molecule has 0 saturated heterocycles. The van der Waals surface area contributed by atoms with E-state index >= 15 is 0 Å². The van der Waals surface area contributed by atoms with Crippen LogP contribution < -0.4 is 0 Å². The van der Waals surface area contributed by atoms with Crippen molar-refractivity contribution >= 4 is 0 Å². The van der Waals surface area contributed by atoms with Crippen LogP contribution in [0.25, 0.3) is 0 Å². The van der Waals surface area contributed by atoms with E-state index in [1.807, 2.05) is 12.2 Å². The van der Waals surface area contributed by atoms with Crippen LogP contribution in [0.4, 0.5) is 0 Å². The Kier molecular flexibility index (Phi) is 5.91. The molecule has 0 radical (unpaired) electrons. The molecular formula is C18H28O. The molecule has 0 atom stereocenters. The molecule has 0 heterocycles. The van der Waals surface area contributed by atoms with Gasteiger partial charge in [-0.1, -0.05) is 63.0 Å². The Morgan fingerprint density at radius 1 is 1.11 bits per heavy atom. The minimum absolute atomic E-state index is 0.383. The van der Waals surface area contributed by atoms with Crippen molar-refractivity contribution in [3.63, 3.8) is 0 Å². The van der Waals surface area contributed by atoms with Crippen LogP contribution in [-0.2, 0) is 0 Å². The molecule has 1 heteroatoms. The van der Waals surface area contributed by atoms with Crippen molar-refractivity contribution in [1.29, 1.82) is 0 Å². The lowest BCUT2D eigenvalue weighted by Gasteiger charge is -2.27. The van der Waals surface area contributed by atoms with E-state index < -0.39 is 0 Å². The van der Waals surface area contributed by atoms with Gasteiger partial charge in [-0.2, -0.15) is 0 Å². The van der Waals surface area contributed by atoms with E-state index in [4.69, 9.17) is 0 Å². The number of rotatable bonds is 5. The van der Waals surface area contributed by atoms with Crippen LogP contribution in [-0.4, -0.2) is 11.2 Å². The summed E-state index contributed by atoms with van der Waals surface area (Å²) >= 11 is 0. The Morgan fingerprint density at radius 2 is 1.79 bits per heavy atom. The fourth-order valence-electron chi connectivity index (χ4n) is 3.25. The highest BCUT2D eigenvalue weighted by Crippen LogP contribution is 2.33. The monoisotopic (exact) mass is 260 g/mol. The lowest BCUT2D eigenvalue weighted by molar-refractivity contribution is 0.270. The molecule has 0 aromatic heterocycles. The Labute approximate surface area is 118 Å². The highest BCUT2D eigenvalue weighted by atomic mass is 16.3. The molecule has 0 spiro atoms. The molecule has 0 aromatic carbocycles. The Bertz CT molecular complexity index is 327. The fraction of sp³-hybridized carbons (Fsp3) is 0.667. The van der Waals surface area contributed by atoms with E-state index in [9.17, 15) is 5.11 Å². The first-order chi connectivity index (χ1) is 9.28. The highest BCUT2D eigenvalue weighted by Gasteiger charge is 2.19. The maximum Gasteiger partial charge on any atom is 0.0909 e. The molecule has 1 fully saturated rings. The second-order valence-corrected chi connectivity index (χ2v) is 6.15. The molecule has 106 valence electrons. The molecule has 0 amide bonds. The number of aliphatic hydroxyl groups is 1. The number of allylic oxidation sites excluding steroid dienone is 4. The predicted molar refractivity (Wildman–Crippen MR) is 82.0 cm³/mol. The third kappa shape index (κ3) is 4.99. The van der Waals surface area contributed by atoms with Gasteiger partial charge in [0, 0.05) is 0 Å². The van der Waals surface area contributed by atoms with Gasteiger partial charge >= 0.3 is 0 Å². The zero-order valence-electron chi connectivity index (χ0n) is 12.2. The number of unbranched alkanes of at least 4 members (excludes halogenated alkanes) is 2. The third-order valence-corrected chi connectivity index (χ3v) is 4.51. The molecule has 2 aliphatic rings. The van der Waals surface area contributed by atoms with Gasteiger partial charge in [0.25, 0.3) is 0 Å². The Hall–Kier alpha value is -0.820. The van der Waals surface area contributed by atoms with Crippen molar-refractivity contribution in [2.45, 2.75) is 64.4 Å². The average molecular weight is 260 g/mol. The molecule has 0 unspecified atom stereocenters. The Balaban J connectivity index is 1.73. The topological polar surface area (TPSA) is 20.2 Å². The van der Waals surface area contributed by atoms with Gasteiger partial charge in [-0.3, -0.25) is 0 Å². The summed E-state index contributed by atoms with van der Waals surface area (Å²) < 4.78 is 0. The fourth-order valence-corrected chi connectivity index (χ4v) is 3.25. The minimum atomic E-state index is -0.383. The predicted octanol–water partition coefficient (Wildman–Crippen LogP) is 4.79. The van der Waals surface area contributed by atoms with Crippen LogP contribution in [0, 0.1) is 11.8 Å². The quantitative estimate of drug-likeness (QED) is 0.705. The van der Waals surface area contributed by atoms with Gasteiger partial charge in [0.1, 0.15) is 0 Å². The van der Waals surface area contributed by atoms with Crippen LogP contribution in [0.3, 0.4) is 0 Å². The zero-order chi connectivity index (χ0) is 13.5. The van der Waals surface area contributed by atoms with Crippen molar-refractivity contribution < 1.29 is 5.11 Å². The molecule has 0 aliphatic heterocycles. The lowest BCUT2D eigenvalue weighted by atomic mass is 9.79. The number of hydrogen-bond donors (Lipinski definition) is 1. The van der Waals surface area contributed by atoms with Crippen LogP contribution in [0.1, 0.15) is 58.3 Å². The summed E-state index contributed by atoms with van der Waals surface area (Å²) in [5, 5.41) is 9.37. The molecule has 2 rings (SSSR count). The van der Waals surface area contributed by atoms with E-state index in [2.05, 4.69) is 25.2 Å². The maximum absolute atomic E-state index is 9.37. The summed E-state index contributed by atoms with van der Waals surface area (Å²) in [5.74, 6) is 1.74. The van der Waals surface area contributed by atoms with Gasteiger partial charge in [0.2, 0.25) is 0 Å². The molecule has 0 aromatic rings. The molecule has 0 bridgehead atoms. The van der Waals surface area contributed by atoms with E-state index in [1.54, 1.807) is 0 Å². The summed E-state index contributed by atoms with van der Waals surface area (Å²) in [6.45, 7) is 2.28. The zero-order valence-corrected chi connectivity index (χ0v) is 12.2. The first-order valence-electron chi connectivity index (χ1n) is 8.04. The second kappa shape index (κ2) is 7.69. The summed E-state index contributed by atoms with van der Waals surface area (Å²) in [5.41, 5.74) is 1.28. The molecule has 1 N–H and O–H groups in total. The van der Waals surface area contributed by atoms with Gasteiger partial charge in [-0.25, -0.2) is 0 Å². The van der Waals surface area contributed by atoms with Crippen molar-refractivity contribution in [3.05, 3.63) is 36.0 Å². The summed E-state index contributed by atoms with van der Waals surface area (Å²) in [6, 6.07) is 0. The molecule has 19 heavy (non-hydrogen) atoms. The number of aliphatic hydroxyl groups excluding tert-OH is 1. The van der Waals surface area contributed by atoms with Crippen molar-refractivity contribution in [2.24, 2.45) is 11.8 Å². The minimum Gasteiger partial charge on any atom is -0.385 e. The summed E-state index contributed by atoms with van der Waals surface area (Å²) in [4.78, 5) is 0. The molecule has 2 aliphatic carbocycles. The van der Waals surface area contributed by atoms with Crippen molar-refractivity contribution in [1.82, 2.24) is 0 Å². The average Bonchev–Trinajstić information content (AvgIpc) is 2.44. The van der Waals surface area contributed by atoms with Gasteiger partial charge in [0.15, 0.2) is 0 Å². The van der Waals surface area contributed by atoms with Crippen LogP contribution in [0.5, 0.6) is 0 Å². The molecule has 1 nitrogen and oxygen atoms in total. The highest BCUT2D eigenvalue weighted by molar-refractivity contribution is 5.36. The smallest absolute Gasteiger partial charge is 0.0909 e. The van der Waals surface area contributed by atoms with Crippen molar-refractivity contribution in [3.8, 4) is 0 Å². The standard InChI is InChI=1S/C18H28O/c1-2-3-4-5-15-6-8-16(9-7-15)14-17-10-12-18(19)13-11-17/h10-16,18-19H,2-9H2,1H3/t15-,16-,18?. The maximum atomic E-state index is 9.37. The normalized spacial score (nSPS) is 30.6.